The van der Waals surface area contributed by atoms with Crippen LogP contribution in [0.4, 0.5) is 5.69 Å². The Morgan fingerprint density at radius 2 is 1.62 bits per heavy atom. The average Bonchev–Trinajstić information content (AvgIpc) is 3.28. The van der Waals surface area contributed by atoms with Gasteiger partial charge in [0.25, 0.3) is 0 Å². The fourth-order valence-corrected chi connectivity index (χ4v) is 3.87. The molecule has 1 saturated carbocycles. The number of ether oxygens (including phenoxy) is 2. The van der Waals surface area contributed by atoms with Crippen LogP contribution in [0, 0.1) is 0 Å². The second-order valence-electron chi connectivity index (χ2n) is 7.78. The number of hydrogen-bond donors (Lipinski definition) is 2. The van der Waals surface area contributed by atoms with Crippen molar-refractivity contribution >= 4 is 11.6 Å². The van der Waals surface area contributed by atoms with Crippen LogP contribution in [-0.2, 0) is 11.2 Å². The van der Waals surface area contributed by atoms with Crippen molar-refractivity contribution in [2.45, 2.75) is 44.6 Å². The summed E-state index contributed by atoms with van der Waals surface area (Å²) >= 11 is 0. The molecule has 0 saturated heterocycles. The zero-order valence-electron chi connectivity index (χ0n) is 17.0. The molecule has 1 aliphatic heterocycles. The molecule has 0 aromatic heterocycles. The highest BCUT2D eigenvalue weighted by Crippen LogP contribution is 2.20. The number of nitrogens with zero attached hydrogens (tertiary/aromatic N) is 1. The molecule has 5 nitrogen and oxygen atoms in total. The first kappa shape index (κ1) is 19.8. The van der Waals surface area contributed by atoms with E-state index >= 15 is 0 Å². The minimum atomic E-state index is 0.443. The monoisotopic (exact) mass is 393 g/mol. The highest BCUT2D eigenvalue weighted by Gasteiger charge is 2.13. The molecule has 154 valence electrons. The maximum Gasteiger partial charge on any atom is 0.195 e. The lowest BCUT2D eigenvalue weighted by Gasteiger charge is -2.21. The van der Waals surface area contributed by atoms with Gasteiger partial charge in [-0.05, 0) is 54.7 Å². The SMILES string of the molecule is c1cc(NC2=NCCN2)ccc1Cc1ccc(OCCOC2CCCCC2)cc1. The first-order valence-electron chi connectivity index (χ1n) is 10.8. The van der Waals surface area contributed by atoms with Crippen molar-refractivity contribution in [1.29, 1.82) is 0 Å². The van der Waals surface area contributed by atoms with Gasteiger partial charge >= 0.3 is 0 Å². The Morgan fingerprint density at radius 3 is 2.31 bits per heavy atom. The van der Waals surface area contributed by atoms with Gasteiger partial charge in [-0.3, -0.25) is 4.99 Å². The maximum absolute atomic E-state index is 5.92. The summed E-state index contributed by atoms with van der Waals surface area (Å²) in [6, 6.07) is 16.9. The largest absolute Gasteiger partial charge is 0.491 e. The summed E-state index contributed by atoms with van der Waals surface area (Å²) in [7, 11) is 0. The van der Waals surface area contributed by atoms with Gasteiger partial charge in [-0.2, -0.15) is 0 Å². The first-order chi connectivity index (χ1) is 14.3. The Labute approximate surface area is 173 Å². The van der Waals surface area contributed by atoms with Gasteiger partial charge in [0.1, 0.15) is 12.4 Å². The summed E-state index contributed by atoms with van der Waals surface area (Å²) in [6.45, 7) is 3.04. The molecule has 1 fully saturated rings. The van der Waals surface area contributed by atoms with E-state index in [1.165, 1.54) is 43.2 Å². The van der Waals surface area contributed by atoms with Crippen LogP contribution in [0.3, 0.4) is 0 Å². The third kappa shape index (κ3) is 6.23. The molecule has 2 aromatic carbocycles. The van der Waals surface area contributed by atoms with Crippen LogP contribution < -0.4 is 15.4 Å². The van der Waals surface area contributed by atoms with Gasteiger partial charge in [0.2, 0.25) is 0 Å². The number of hydrogen-bond acceptors (Lipinski definition) is 5. The van der Waals surface area contributed by atoms with E-state index in [0.29, 0.717) is 19.3 Å². The van der Waals surface area contributed by atoms with E-state index in [1.54, 1.807) is 0 Å². The smallest absolute Gasteiger partial charge is 0.195 e. The van der Waals surface area contributed by atoms with Crippen molar-refractivity contribution in [1.82, 2.24) is 5.32 Å². The van der Waals surface area contributed by atoms with Crippen LogP contribution in [0.1, 0.15) is 43.2 Å². The van der Waals surface area contributed by atoms with Gasteiger partial charge in [-0.15, -0.1) is 0 Å². The van der Waals surface area contributed by atoms with Crippen LogP contribution in [0.5, 0.6) is 5.75 Å². The average molecular weight is 394 g/mol. The van der Waals surface area contributed by atoms with Crippen molar-refractivity contribution in [3.63, 3.8) is 0 Å². The topological polar surface area (TPSA) is 54.9 Å². The third-order valence-corrected chi connectivity index (χ3v) is 5.48. The molecule has 0 atom stereocenters. The summed E-state index contributed by atoms with van der Waals surface area (Å²) in [5.74, 6) is 1.77. The lowest BCUT2D eigenvalue weighted by atomic mass is 9.98. The molecular weight excluding hydrogens is 362 g/mol. The molecule has 1 heterocycles. The van der Waals surface area contributed by atoms with Gasteiger partial charge in [0.05, 0.1) is 19.3 Å². The number of anilines is 1. The minimum absolute atomic E-state index is 0.443. The zero-order chi connectivity index (χ0) is 19.7. The minimum Gasteiger partial charge on any atom is -0.491 e. The van der Waals surface area contributed by atoms with E-state index in [-0.39, 0.29) is 0 Å². The van der Waals surface area contributed by atoms with E-state index in [0.717, 1.165) is 36.9 Å². The van der Waals surface area contributed by atoms with E-state index in [9.17, 15) is 0 Å². The van der Waals surface area contributed by atoms with E-state index in [4.69, 9.17) is 9.47 Å². The van der Waals surface area contributed by atoms with Crippen molar-refractivity contribution in [2.75, 3.05) is 31.6 Å². The summed E-state index contributed by atoms with van der Waals surface area (Å²) in [4.78, 5) is 4.35. The number of rotatable bonds is 8. The predicted molar refractivity (Wildman–Crippen MR) is 118 cm³/mol. The van der Waals surface area contributed by atoms with Crippen molar-refractivity contribution in [2.24, 2.45) is 4.99 Å². The molecule has 2 aromatic rings. The molecular formula is C24H31N3O2. The molecule has 5 heteroatoms. The molecule has 0 amide bonds. The van der Waals surface area contributed by atoms with Crippen molar-refractivity contribution in [3.05, 3.63) is 59.7 Å². The maximum atomic E-state index is 5.92. The van der Waals surface area contributed by atoms with Crippen LogP contribution in [0.25, 0.3) is 0 Å². The van der Waals surface area contributed by atoms with Crippen LogP contribution in [0.2, 0.25) is 0 Å². The molecule has 1 aliphatic carbocycles. The number of aliphatic imine (C=N–C) groups is 1. The van der Waals surface area contributed by atoms with E-state index in [1.807, 2.05) is 0 Å². The summed E-state index contributed by atoms with van der Waals surface area (Å²) in [5, 5.41) is 6.52. The summed E-state index contributed by atoms with van der Waals surface area (Å²) < 4.78 is 11.7. The zero-order valence-corrected chi connectivity index (χ0v) is 17.0. The Bertz CT molecular complexity index is 781. The predicted octanol–water partition coefficient (Wildman–Crippen LogP) is 4.38. The van der Waals surface area contributed by atoms with Gasteiger partial charge in [-0.1, -0.05) is 43.5 Å². The highest BCUT2D eigenvalue weighted by molar-refractivity contribution is 5.94. The van der Waals surface area contributed by atoms with Gasteiger partial charge in [0, 0.05) is 12.2 Å². The molecule has 0 radical (unpaired) electrons. The lowest BCUT2D eigenvalue weighted by Crippen LogP contribution is -2.26. The van der Waals surface area contributed by atoms with Crippen LogP contribution >= 0.6 is 0 Å². The standard InChI is InChI=1S/C24H31N3O2/c1-2-4-22(5-3-1)28-16-17-29-23-12-8-20(9-13-23)18-19-6-10-21(11-7-19)27-24-25-14-15-26-24/h6-13,22H,1-5,14-18H2,(H2,25,26,27). The number of guanidine groups is 1. The molecule has 2 aliphatic rings. The Hall–Kier alpha value is -2.53. The Morgan fingerprint density at radius 1 is 0.897 bits per heavy atom. The second kappa shape index (κ2) is 10.3. The van der Waals surface area contributed by atoms with Crippen LogP contribution in [0.15, 0.2) is 53.5 Å². The molecule has 29 heavy (non-hydrogen) atoms. The number of benzene rings is 2. The van der Waals surface area contributed by atoms with Gasteiger partial charge in [-0.25, -0.2) is 0 Å². The number of nitrogens with one attached hydrogen (secondary N) is 2. The van der Waals surface area contributed by atoms with Gasteiger partial charge in [0.15, 0.2) is 5.96 Å². The Kier molecular flexibility index (Phi) is 7.03. The fourth-order valence-electron chi connectivity index (χ4n) is 3.87. The summed E-state index contributed by atoms with van der Waals surface area (Å²) in [6.07, 6.45) is 7.73. The fraction of sp³-hybridized carbons (Fsp3) is 0.458. The molecule has 0 spiro atoms. The second-order valence-corrected chi connectivity index (χ2v) is 7.78. The lowest BCUT2D eigenvalue weighted by molar-refractivity contribution is 0.0129. The van der Waals surface area contributed by atoms with Crippen molar-refractivity contribution < 1.29 is 9.47 Å². The van der Waals surface area contributed by atoms with E-state index < -0.39 is 0 Å². The molecule has 4 rings (SSSR count). The summed E-state index contributed by atoms with van der Waals surface area (Å²) in [5.41, 5.74) is 3.62. The van der Waals surface area contributed by atoms with Crippen LogP contribution in [-0.4, -0.2) is 38.4 Å². The Balaban J connectivity index is 1.19. The van der Waals surface area contributed by atoms with Crippen molar-refractivity contribution in [3.8, 4) is 5.75 Å². The first-order valence-corrected chi connectivity index (χ1v) is 10.8. The normalized spacial score (nSPS) is 16.9. The quantitative estimate of drug-likeness (QED) is 0.654. The highest BCUT2D eigenvalue weighted by atomic mass is 16.5. The molecule has 2 N–H and O–H groups in total. The van der Waals surface area contributed by atoms with Gasteiger partial charge < -0.3 is 20.1 Å². The molecule has 0 bridgehead atoms. The third-order valence-electron chi connectivity index (χ3n) is 5.48. The molecule has 0 unspecified atom stereocenters. The van der Waals surface area contributed by atoms with E-state index in [2.05, 4.69) is 64.2 Å².